The van der Waals surface area contributed by atoms with Gasteiger partial charge in [0.05, 0.1) is 0 Å². The number of nitrogens with zero attached hydrogens (tertiary/aromatic N) is 4. The second-order valence-corrected chi connectivity index (χ2v) is 8.41. The number of hydrogen-bond donors (Lipinski definition) is 0. The SMILES string of the molecule is CCC12CN3CC4(CC)N1O[B-]1(c5ccccc5)ON2C(CC)(C3)N4O1. The molecule has 7 heterocycles. The number of hydroxylamine groups is 6. The molecule has 8 bridgehead atoms. The van der Waals surface area contributed by atoms with Crippen molar-refractivity contribution in [1.82, 2.24) is 20.1 Å². The predicted octanol–water partition coefficient (Wildman–Crippen LogP) is 1.22. The molecule has 8 rings (SSSR count). The molecule has 7 aliphatic heterocycles. The Bertz CT molecular complexity index is 681. The van der Waals surface area contributed by atoms with Crippen LogP contribution in [-0.4, -0.2) is 63.5 Å². The summed E-state index contributed by atoms with van der Waals surface area (Å²) in [5.41, 5.74) is 0.165. The van der Waals surface area contributed by atoms with Gasteiger partial charge in [0, 0.05) is 19.6 Å². The predicted molar refractivity (Wildman–Crippen MR) is 96.1 cm³/mol. The maximum absolute atomic E-state index is 6.65. The lowest BCUT2D eigenvalue weighted by molar-refractivity contribution is -0.598. The van der Waals surface area contributed by atoms with E-state index < -0.39 is 6.75 Å². The molecule has 1 aromatic rings. The van der Waals surface area contributed by atoms with Gasteiger partial charge in [0.1, 0.15) is 17.0 Å². The van der Waals surface area contributed by atoms with Gasteiger partial charge in [0.2, 0.25) is 0 Å². The molecule has 0 unspecified atom stereocenters. The van der Waals surface area contributed by atoms with Crippen LogP contribution >= 0.6 is 0 Å². The molecule has 7 aliphatic rings. The van der Waals surface area contributed by atoms with Crippen molar-refractivity contribution in [3.05, 3.63) is 30.3 Å². The minimum absolute atomic E-state index is 0.261. The molecular weight excluding hydrogens is 331 g/mol. The van der Waals surface area contributed by atoms with E-state index in [0.717, 1.165) is 44.4 Å². The van der Waals surface area contributed by atoms with Crippen LogP contribution < -0.4 is 5.46 Å². The third-order valence-electron chi connectivity index (χ3n) is 7.34. The summed E-state index contributed by atoms with van der Waals surface area (Å²) in [5.74, 6) is 0. The Balaban J connectivity index is 1.59. The molecule has 0 spiro atoms. The van der Waals surface area contributed by atoms with Crippen molar-refractivity contribution >= 4 is 12.2 Å². The van der Waals surface area contributed by atoms with E-state index in [2.05, 4.69) is 40.9 Å². The Morgan fingerprint density at radius 1 is 0.769 bits per heavy atom. The van der Waals surface area contributed by atoms with Crippen molar-refractivity contribution in [2.75, 3.05) is 19.6 Å². The van der Waals surface area contributed by atoms with Crippen LogP contribution in [0.4, 0.5) is 0 Å². The molecule has 8 heteroatoms. The zero-order chi connectivity index (χ0) is 17.8. The standard InChI is InChI=1S/C18H26BN4O3/c1-4-16-12-20-13-17(5-2)21(16)24-19(15-10-8-7-9-11-15)25-22(16)18(6-3,14-20)23(17)26-19/h7-11H,4-6,12-14H2,1-3H3/q-1. The number of rotatable bonds is 4. The van der Waals surface area contributed by atoms with Gasteiger partial charge in [-0.1, -0.05) is 51.1 Å². The van der Waals surface area contributed by atoms with Gasteiger partial charge in [-0.2, -0.15) is 15.2 Å². The van der Waals surface area contributed by atoms with Crippen LogP contribution in [0.3, 0.4) is 0 Å². The Kier molecular flexibility index (Phi) is 2.89. The topological polar surface area (TPSA) is 40.7 Å². The van der Waals surface area contributed by atoms with E-state index >= 15 is 0 Å². The van der Waals surface area contributed by atoms with E-state index in [1.165, 1.54) is 0 Å². The smallest absolute Gasteiger partial charge is 0.448 e. The fraction of sp³-hybridized carbons (Fsp3) is 0.667. The molecule has 1 aromatic carbocycles. The summed E-state index contributed by atoms with van der Waals surface area (Å²) in [6, 6.07) is 10.1. The highest BCUT2D eigenvalue weighted by Crippen LogP contribution is 2.62. The van der Waals surface area contributed by atoms with Crippen molar-refractivity contribution in [2.45, 2.75) is 57.0 Å². The van der Waals surface area contributed by atoms with Gasteiger partial charge in [-0.15, -0.1) is 5.46 Å². The van der Waals surface area contributed by atoms with Crippen LogP contribution in [0.25, 0.3) is 0 Å². The summed E-state index contributed by atoms with van der Waals surface area (Å²) < 4.78 is 20.0. The van der Waals surface area contributed by atoms with Crippen LogP contribution in [0, 0.1) is 0 Å². The van der Waals surface area contributed by atoms with E-state index in [1.54, 1.807) is 0 Å². The summed E-state index contributed by atoms with van der Waals surface area (Å²) in [6.45, 7) is 7.52. The summed E-state index contributed by atoms with van der Waals surface area (Å²) in [7, 11) is 0. The first-order chi connectivity index (χ1) is 12.6. The van der Waals surface area contributed by atoms with Gasteiger partial charge >= 0.3 is 6.75 Å². The minimum Gasteiger partial charge on any atom is -0.448 e. The maximum Gasteiger partial charge on any atom is 0.457 e. The van der Waals surface area contributed by atoms with E-state index in [-0.39, 0.29) is 17.0 Å². The lowest BCUT2D eigenvalue weighted by Gasteiger charge is -2.87. The highest BCUT2D eigenvalue weighted by molar-refractivity contribution is 6.75. The van der Waals surface area contributed by atoms with Crippen molar-refractivity contribution < 1.29 is 14.3 Å². The first-order valence-corrected chi connectivity index (χ1v) is 9.99. The van der Waals surface area contributed by atoms with Gasteiger partial charge in [0.15, 0.2) is 0 Å². The van der Waals surface area contributed by atoms with Gasteiger partial charge in [-0.3, -0.25) is 4.90 Å². The Morgan fingerprint density at radius 3 is 1.58 bits per heavy atom. The third-order valence-corrected chi connectivity index (χ3v) is 7.34. The summed E-state index contributed by atoms with van der Waals surface area (Å²) in [4.78, 5) is 2.57. The second kappa shape index (κ2) is 4.70. The highest BCUT2D eigenvalue weighted by atomic mass is 17.0. The first-order valence-electron chi connectivity index (χ1n) is 9.99. The van der Waals surface area contributed by atoms with Crippen LogP contribution in [0.5, 0.6) is 0 Å². The lowest BCUT2D eigenvalue weighted by Crippen LogP contribution is -3.04. The fourth-order valence-electron chi connectivity index (χ4n) is 6.17. The van der Waals surface area contributed by atoms with Gasteiger partial charge < -0.3 is 14.3 Å². The Hall–Kier alpha value is -0.995. The molecule has 7 nitrogen and oxygen atoms in total. The number of benzene rings is 1. The van der Waals surface area contributed by atoms with E-state index in [9.17, 15) is 0 Å². The molecule has 0 saturated carbocycles. The summed E-state index contributed by atoms with van der Waals surface area (Å²) in [5, 5.41) is 6.76. The maximum atomic E-state index is 6.65. The molecule has 0 aromatic heterocycles. The largest absolute Gasteiger partial charge is 0.457 e. The van der Waals surface area contributed by atoms with Gasteiger partial charge in [0.25, 0.3) is 0 Å². The van der Waals surface area contributed by atoms with Crippen LogP contribution in [-0.2, 0) is 14.3 Å². The molecule has 0 aliphatic carbocycles. The molecule has 0 N–H and O–H groups in total. The summed E-state index contributed by atoms with van der Waals surface area (Å²) in [6.07, 6.45) is 2.84. The third kappa shape index (κ3) is 1.44. The lowest BCUT2D eigenvalue weighted by atomic mass is 9.66. The van der Waals surface area contributed by atoms with Crippen LogP contribution in [0.15, 0.2) is 30.3 Å². The zero-order valence-corrected chi connectivity index (χ0v) is 15.7. The number of piperazine rings is 3. The minimum atomic E-state index is -2.04. The van der Waals surface area contributed by atoms with Gasteiger partial charge in [-0.05, 0) is 19.3 Å². The summed E-state index contributed by atoms with van der Waals surface area (Å²) >= 11 is 0. The Morgan fingerprint density at radius 2 is 1.19 bits per heavy atom. The molecule has 0 amide bonds. The van der Waals surface area contributed by atoms with Crippen LogP contribution in [0.1, 0.15) is 40.0 Å². The zero-order valence-electron chi connectivity index (χ0n) is 15.7. The molecule has 26 heavy (non-hydrogen) atoms. The first kappa shape index (κ1) is 16.0. The van der Waals surface area contributed by atoms with Gasteiger partial charge in [-0.25, -0.2) is 0 Å². The average molecular weight is 357 g/mol. The molecule has 7 saturated heterocycles. The second-order valence-electron chi connectivity index (χ2n) is 8.41. The molecule has 0 atom stereocenters. The van der Waals surface area contributed by atoms with Crippen molar-refractivity contribution in [1.29, 1.82) is 0 Å². The van der Waals surface area contributed by atoms with Crippen LogP contribution in [0.2, 0.25) is 0 Å². The fourth-order valence-corrected chi connectivity index (χ4v) is 6.17. The van der Waals surface area contributed by atoms with Crippen molar-refractivity contribution in [3.8, 4) is 0 Å². The monoisotopic (exact) mass is 357 g/mol. The van der Waals surface area contributed by atoms with E-state index in [0.29, 0.717) is 0 Å². The highest BCUT2D eigenvalue weighted by Gasteiger charge is 2.80. The normalized spacial score (nSPS) is 55.7. The van der Waals surface area contributed by atoms with Crippen molar-refractivity contribution in [2.24, 2.45) is 0 Å². The van der Waals surface area contributed by atoms with E-state index in [4.69, 9.17) is 14.3 Å². The molecular formula is C18H26BN4O3-. The Labute approximate surface area is 154 Å². The quantitative estimate of drug-likeness (QED) is 0.751. The molecule has 140 valence electrons. The molecule has 7 fully saturated rings. The van der Waals surface area contributed by atoms with Crippen molar-refractivity contribution in [3.63, 3.8) is 0 Å². The molecule has 0 radical (unpaired) electrons. The van der Waals surface area contributed by atoms with E-state index in [1.807, 2.05) is 30.3 Å². The average Bonchev–Trinajstić information content (AvgIpc) is 2.71. The number of hydrogen-bond acceptors (Lipinski definition) is 7.